The molecule has 1 amide bonds. The van der Waals surface area contributed by atoms with E-state index in [1.165, 1.54) is 0 Å². The fourth-order valence-corrected chi connectivity index (χ4v) is 4.79. The third-order valence-corrected chi connectivity index (χ3v) is 5.89. The van der Waals surface area contributed by atoms with E-state index in [0.717, 1.165) is 51.9 Å². The maximum atomic E-state index is 12.4. The average molecular weight is 390 g/mol. The Labute approximate surface area is 160 Å². The first-order valence-electron chi connectivity index (χ1n) is 8.60. The minimum absolute atomic E-state index is 0.0925. The van der Waals surface area contributed by atoms with Crippen LogP contribution in [0.3, 0.4) is 0 Å². The zero-order valence-corrected chi connectivity index (χ0v) is 16.3. The van der Waals surface area contributed by atoms with E-state index in [1.54, 1.807) is 28.4 Å². The van der Waals surface area contributed by atoms with E-state index in [-0.39, 0.29) is 11.9 Å². The van der Waals surface area contributed by atoms with Crippen LogP contribution < -0.4 is 10.2 Å². The molecule has 8 heteroatoms. The number of hydrogen-bond acceptors (Lipinski definition) is 5. The molecule has 0 aliphatic carbocycles. The molecule has 136 valence electrons. The molecule has 1 aliphatic heterocycles. The summed E-state index contributed by atoms with van der Waals surface area (Å²) in [7, 11) is 1.85. The van der Waals surface area contributed by atoms with Gasteiger partial charge in [0, 0.05) is 37.4 Å². The van der Waals surface area contributed by atoms with Gasteiger partial charge < -0.3 is 14.8 Å². The number of benzene rings is 1. The second kappa shape index (κ2) is 6.89. The molecular formula is C18H20ClN5OS. The number of imidazole rings is 1. The predicted octanol–water partition coefficient (Wildman–Crippen LogP) is 3.39. The van der Waals surface area contributed by atoms with Gasteiger partial charge in [0.1, 0.15) is 5.69 Å². The number of nitrogens with zero attached hydrogens (tertiary/aromatic N) is 4. The Hall–Kier alpha value is -2.12. The highest BCUT2D eigenvalue weighted by Crippen LogP contribution is 2.34. The van der Waals surface area contributed by atoms with E-state index in [4.69, 9.17) is 16.6 Å². The number of aryl methyl sites for hydroxylation is 2. The molecule has 0 spiro atoms. The Morgan fingerprint density at radius 2 is 2.27 bits per heavy atom. The van der Waals surface area contributed by atoms with Crippen molar-refractivity contribution in [3.05, 3.63) is 40.9 Å². The minimum Gasteiger partial charge on any atom is -0.346 e. The lowest BCUT2D eigenvalue weighted by Crippen LogP contribution is -2.47. The normalized spacial score (nSPS) is 17.7. The zero-order valence-electron chi connectivity index (χ0n) is 14.7. The number of piperidine rings is 1. The Kier molecular flexibility index (Phi) is 4.58. The van der Waals surface area contributed by atoms with Gasteiger partial charge in [0.15, 0.2) is 5.13 Å². The van der Waals surface area contributed by atoms with Gasteiger partial charge in [-0.05, 0) is 37.5 Å². The summed E-state index contributed by atoms with van der Waals surface area (Å²) in [5.74, 6) is -0.121. The summed E-state index contributed by atoms with van der Waals surface area (Å²) in [6.07, 6.45) is 5.35. The van der Waals surface area contributed by atoms with E-state index in [9.17, 15) is 4.79 Å². The van der Waals surface area contributed by atoms with Gasteiger partial charge in [-0.1, -0.05) is 22.9 Å². The second-order valence-electron chi connectivity index (χ2n) is 6.75. The first kappa shape index (κ1) is 17.3. The first-order valence-corrected chi connectivity index (χ1v) is 9.79. The molecular weight excluding hydrogens is 370 g/mol. The fourth-order valence-electron chi connectivity index (χ4n) is 3.34. The van der Waals surface area contributed by atoms with Crippen LogP contribution in [-0.2, 0) is 7.05 Å². The topological polar surface area (TPSA) is 63.1 Å². The van der Waals surface area contributed by atoms with Crippen molar-refractivity contribution >= 4 is 44.2 Å². The predicted molar refractivity (Wildman–Crippen MR) is 105 cm³/mol. The van der Waals surface area contributed by atoms with Crippen molar-refractivity contribution in [1.29, 1.82) is 0 Å². The molecule has 3 aromatic rings. The van der Waals surface area contributed by atoms with E-state index in [1.807, 2.05) is 26.1 Å². The Morgan fingerprint density at radius 1 is 1.42 bits per heavy atom. The number of fused-ring (bicyclic) bond motifs is 1. The van der Waals surface area contributed by atoms with Crippen molar-refractivity contribution in [2.45, 2.75) is 25.8 Å². The third-order valence-electron chi connectivity index (χ3n) is 4.60. The van der Waals surface area contributed by atoms with Crippen LogP contribution in [0, 0.1) is 6.92 Å². The highest BCUT2D eigenvalue weighted by molar-refractivity contribution is 7.22. The number of anilines is 1. The number of amides is 1. The molecule has 3 heterocycles. The van der Waals surface area contributed by atoms with Crippen LogP contribution in [0.25, 0.3) is 10.2 Å². The van der Waals surface area contributed by atoms with Gasteiger partial charge in [-0.2, -0.15) is 0 Å². The summed E-state index contributed by atoms with van der Waals surface area (Å²) in [5.41, 5.74) is 2.55. The summed E-state index contributed by atoms with van der Waals surface area (Å²) in [4.78, 5) is 23.5. The van der Waals surface area contributed by atoms with Gasteiger partial charge in [0.2, 0.25) is 0 Å². The Bertz CT molecular complexity index is 966. The number of rotatable bonds is 3. The average Bonchev–Trinajstić information content (AvgIpc) is 3.21. The summed E-state index contributed by atoms with van der Waals surface area (Å²) in [6, 6.07) is 4.00. The maximum Gasteiger partial charge on any atom is 0.271 e. The number of halogens is 1. The monoisotopic (exact) mass is 389 g/mol. The lowest BCUT2D eigenvalue weighted by atomic mass is 10.1. The van der Waals surface area contributed by atoms with Crippen molar-refractivity contribution in [3.8, 4) is 0 Å². The van der Waals surface area contributed by atoms with E-state index in [0.29, 0.717) is 5.69 Å². The molecule has 1 N–H and O–H groups in total. The summed E-state index contributed by atoms with van der Waals surface area (Å²) in [5, 5.41) is 4.83. The number of thiazole rings is 1. The van der Waals surface area contributed by atoms with Crippen molar-refractivity contribution in [2.75, 3.05) is 18.0 Å². The number of aromatic nitrogens is 3. The fraction of sp³-hybridized carbons (Fsp3) is 0.389. The van der Waals surface area contributed by atoms with Crippen LogP contribution in [0.5, 0.6) is 0 Å². The van der Waals surface area contributed by atoms with Gasteiger partial charge in [-0.15, -0.1) is 0 Å². The van der Waals surface area contributed by atoms with Crippen molar-refractivity contribution in [1.82, 2.24) is 19.9 Å². The molecule has 1 saturated heterocycles. The summed E-state index contributed by atoms with van der Waals surface area (Å²) >= 11 is 7.82. The van der Waals surface area contributed by atoms with Gasteiger partial charge in [0.05, 0.1) is 16.5 Å². The van der Waals surface area contributed by atoms with Crippen LogP contribution in [0.15, 0.2) is 24.7 Å². The standard InChI is InChI=1S/C18H20ClN5OS/c1-11-6-12(19)7-15-16(11)22-18(26-15)24-5-3-4-13(8-24)21-17(25)14-9-23(2)10-20-14/h6-7,9-10,13H,3-5,8H2,1-2H3,(H,21,25). The molecule has 0 bridgehead atoms. The number of carbonyl (C=O) groups is 1. The van der Waals surface area contributed by atoms with Gasteiger partial charge >= 0.3 is 0 Å². The van der Waals surface area contributed by atoms with Crippen molar-refractivity contribution < 1.29 is 4.79 Å². The highest BCUT2D eigenvalue weighted by Gasteiger charge is 2.25. The number of nitrogens with one attached hydrogen (secondary N) is 1. The van der Waals surface area contributed by atoms with Gasteiger partial charge in [-0.3, -0.25) is 4.79 Å². The molecule has 1 aromatic carbocycles. The first-order chi connectivity index (χ1) is 12.5. The molecule has 0 radical (unpaired) electrons. The van der Waals surface area contributed by atoms with Crippen LogP contribution >= 0.6 is 22.9 Å². The van der Waals surface area contributed by atoms with Crippen molar-refractivity contribution in [2.24, 2.45) is 7.05 Å². The zero-order chi connectivity index (χ0) is 18.3. The van der Waals surface area contributed by atoms with Crippen LogP contribution in [0.4, 0.5) is 5.13 Å². The van der Waals surface area contributed by atoms with Crippen LogP contribution in [-0.4, -0.2) is 39.6 Å². The van der Waals surface area contributed by atoms with E-state index < -0.39 is 0 Å². The Morgan fingerprint density at radius 3 is 3.04 bits per heavy atom. The minimum atomic E-state index is -0.121. The Balaban J connectivity index is 1.50. The van der Waals surface area contributed by atoms with Gasteiger partial charge in [0.25, 0.3) is 5.91 Å². The SMILES string of the molecule is Cc1cc(Cl)cc2sc(N3CCCC(NC(=O)c4cn(C)cn4)C3)nc12. The molecule has 26 heavy (non-hydrogen) atoms. The highest BCUT2D eigenvalue weighted by atomic mass is 35.5. The lowest BCUT2D eigenvalue weighted by molar-refractivity contribution is 0.0928. The molecule has 2 aromatic heterocycles. The lowest BCUT2D eigenvalue weighted by Gasteiger charge is -2.32. The molecule has 1 atom stereocenters. The summed E-state index contributed by atoms with van der Waals surface area (Å²) in [6.45, 7) is 3.73. The molecule has 0 saturated carbocycles. The maximum absolute atomic E-state index is 12.4. The summed E-state index contributed by atoms with van der Waals surface area (Å²) < 4.78 is 2.88. The largest absolute Gasteiger partial charge is 0.346 e. The number of hydrogen-bond donors (Lipinski definition) is 1. The van der Waals surface area contributed by atoms with Crippen LogP contribution in [0.1, 0.15) is 28.9 Å². The second-order valence-corrected chi connectivity index (χ2v) is 8.19. The molecule has 1 fully saturated rings. The molecule has 4 rings (SSSR count). The van der Waals surface area contributed by atoms with E-state index in [2.05, 4.69) is 15.2 Å². The van der Waals surface area contributed by atoms with Crippen molar-refractivity contribution in [3.63, 3.8) is 0 Å². The van der Waals surface area contributed by atoms with Gasteiger partial charge in [-0.25, -0.2) is 9.97 Å². The third kappa shape index (κ3) is 3.41. The smallest absolute Gasteiger partial charge is 0.271 e. The van der Waals surface area contributed by atoms with Crippen LogP contribution in [0.2, 0.25) is 5.02 Å². The molecule has 6 nitrogen and oxygen atoms in total. The number of carbonyl (C=O) groups excluding carboxylic acids is 1. The molecule has 1 aliphatic rings. The quantitative estimate of drug-likeness (QED) is 0.745. The molecule has 1 unspecified atom stereocenters. The van der Waals surface area contributed by atoms with E-state index >= 15 is 0 Å².